The van der Waals surface area contributed by atoms with Crippen molar-refractivity contribution < 1.29 is 5.11 Å². The molecule has 2 N–H and O–H groups in total. The lowest BCUT2D eigenvalue weighted by Gasteiger charge is -2.20. The van der Waals surface area contributed by atoms with Gasteiger partial charge in [-0.1, -0.05) is 31.2 Å². The number of rotatable bonds is 4. The molecule has 2 nitrogen and oxygen atoms in total. The lowest BCUT2D eigenvalue weighted by atomic mass is 10.1. The van der Waals surface area contributed by atoms with Crippen LogP contribution in [0.25, 0.3) is 0 Å². The molecule has 0 aromatic heterocycles. The molecular formula is C13H19NO. The summed E-state index contributed by atoms with van der Waals surface area (Å²) in [6, 6.07) is 9.28. The summed E-state index contributed by atoms with van der Waals surface area (Å²) in [7, 11) is 0. The number of aliphatic hydroxyl groups is 1. The van der Waals surface area contributed by atoms with Gasteiger partial charge in [0.05, 0.1) is 6.61 Å². The van der Waals surface area contributed by atoms with Crippen molar-refractivity contribution in [2.75, 3.05) is 6.61 Å². The second-order valence-corrected chi connectivity index (χ2v) is 4.24. The van der Waals surface area contributed by atoms with E-state index in [4.69, 9.17) is 0 Å². The summed E-state index contributed by atoms with van der Waals surface area (Å²) in [5.41, 5.74) is 2.88. The van der Waals surface area contributed by atoms with E-state index in [1.54, 1.807) is 0 Å². The molecule has 15 heavy (non-hydrogen) atoms. The molecule has 1 aromatic carbocycles. The Bertz CT molecular complexity index is 320. The molecule has 1 aliphatic carbocycles. The summed E-state index contributed by atoms with van der Waals surface area (Å²) in [6.07, 6.45) is 3.31. The van der Waals surface area contributed by atoms with Gasteiger partial charge in [-0.25, -0.2) is 0 Å². The van der Waals surface area contributed by atoms with Crippen molar-refractivity contribution in [2.45, 2.75) is 38.3 Å². The van der Waals surface area contributed by atoms with Crippen LogP contribution in [-0.4, -0.2) is 17.8 Å². The van der Waals surface area contributed by atoms with Gasteiger partial charge in [-0.2, -0.15) is 0 Å². The predicted octanol–water partition coefficient (Wildman–Crippen LogP) is 2.03. The Morgan fingerprint density at radius 2 is 2.27 bits per heavy atom. The predicted molar refractivity (Wildman–Crippen MR) is 61.8 cm³/mol. The number of nitrogens with one attached hydrogen (secondary N) is 1. The van der Waals surface area contributed by atoms with Crippen molar-refractivity contribution in [3.05, 3.63) is 35.4 Å². The van der Waals surface area contributed by atoms with Crippen LogP contribution >= 0.6 is 0 Å². The van der Waals surface area contributed by atoms with Crippen molar-refractivity contribution >= 4 is 0 Å². The third-order valence-corrected chi connectivity index (χ3v) is 3.28. The summed E-state index contributed by atoms with van der Waals surface area (Å²) >= 11 is 0. The molecule has 2 heteroatoms. The molecular weight excluding hydrogens is 186 g/mol. The van der Waals surface area contributed by atoms with Crippen LogP contribution in [-0.2, 0) is 6.42 Å². The van der Waals surface area contributed by atoms with E-state index in [0.29, 0.717) is 6.04 Å². The van der Waals surface area contributed by atoms with Gasteiger partial charge in [-0.15, -0.1) is 0 Å². The maximum absolute atomic E-state index is 9.17. The smallest absolute Gasteiger partial charge is 0.0584 e. The summed E-state index contributed by atoms with van der Waals surface area (Å²) in [5, 5.41) is 12.7. The minimum Gasteiger partial charge on any atom is -0.395 e. The standard InChI is InChI=1S/C13H19NO/c1-2-11(9-15)14-13-8-7-10-5-3-4-6-12(10)13/h3-6,11,13-15H,2,7-9H2,1H3/t11-,13-/m1/s1. The highest BCUT2D eigenvalue weighted by molar-refractivity contribution is 5.34. The topological polar surface area (TPSA) is 32.3 Å². The number of aliphatic hydroxyl groups excluding tert-OH is 1. The molecule has 1 aromatic rings. The Balaban J connectivity index is 2.07. The van der Waals surface area contributed by atoms with Gasteiger partial charge >= 0.3 is 0 Å². The Labute approximate surface area is 91.3 Å². The van der Waals surface area contributed by atoms with Gasteiger partial charge in [-0.3, -0.25) is 0 Å². The van der Waals surface area contributed by atoms with E-state index >= 15 is 0 Å². The van der Waals surface area contributed by atoms with Gasteiger partial charge in [0, 0.05) is 12.1 Å². The fourth-order valence-electron chi connectivity index (χ4n) is 2.31. The number of hydrogen-bond acceptors (Lipinski definition) is 2. The van der Waals surface area contributed by atoms with Gasteiger partial charge < -0.3 is 10.4 Å². The largest absolute Gasteiger partial charge is 0.395 e. The van der Waals surface area contributed by atoms with Gasteiger partial charge in [0.2, 0.25) is 0 Å². The van der Waals surface area contributed by atoms with Crippen LogP contribution < -0.4 is 5.32 Å². The highest BCUT2D eigenvalue weighted by Crippen LogP contribution is 2.31. The molecule has 0 saturated heterocycles. The SMILES string of the molecule is CC[C@H](CO)N[C@@H]1CCc2ccccc21. The molecule has 0 saturated carbocycles. The number of hydrogen-bond donors (Lipinski definition) is 2. The van der Waals surface area contributed by atoms with Gasteiger partial charge in [0.15, 0.2) is 0 Å². The van der Waals surface area contributed by atoms with Crippen LogP contribution in [0.2, 0.25) is 0 Å². The van der Waals surface area contributed by atoms with Crippen LogP contribution in [0.5, 0.6) is 0 Å². The number of aryl methyl sites for hydroxylation is 1. The average molecular weight is 205 g/mol. The number of benzene rings is 1. The molecule has 2 atom stereocenters. The zero-order valence-electron chi connectivity index (χ0n) is 9.24. The Kier molecular flexibility index (Phi) is 3.39. The van der Waals surface area contributed by atoms with Crippen molar-refractivity contribution in [3.63, 3.8) is 0 Å². The summed E-state index contributed by atoms with van der Waals surface area (Å²) < 4.78 is 0. The molecule has 0 amide bonds. The molecule has 0 aliphatic heterocycles. The maximum atomic E-state index is 9.17. The molecule has 0 spiro atoms. The van der Waals surface area contributed by atoms with E-state index in [-0.39, 0.29) is 12.6 Å². The first-order chi connectivity index (χ1) is 7.35. The molecule has 0 fully saturated rings. The van der Waals surface area contributed by atoms with E-state index in [9.17, 15) is 5.11 Å². The third-order valence-electron chi connectivity index (χ3n) is 3.28. The first kappa shape index (κ1) is 10.7. The van der Waals surface area contributed by atoms with Crippen molar-refractivity contribution in [2.24, 2.45) is 0 Å². The highest BCUT2D eigenvalue weighted by Gasteiger charge is 2.23. The molecule has 0 radical (unpaired) electrons. The van der Waals surface area contributed by atoms with Crippen LogP contribution in [0, 0.1) is 0 Å². The second kappa shape index (κ2) is 4.77. The van der Waals surface area contributed by atoms with Crippen LogP contribution in [0.3, 0.4) is 0 Å². The van der Waals surface area contributed by atoms with E-state index < -0.39 is 0 Å². The number of fused-ring (bicyclic) bond motifs is 1. The van der Waals surface area contributed by atoms with Crippen LogP contribution in [0.15, 0.2) is 24.3 Å². The fourth-order valence-corrected chi connectivity index (χ4v) is 2.31. The molecule has 0 bridgehead atoms. The lowest BCUT2D eigenvalue weighted by molar-refractivity contribution is 0.227. The maximum Gasteiger partial charge on any atom is 0.0584 e. The monoisotopic (exact) mass is 205 g/mol. The summed E-state index contributed by atoms with van der Waals surface area (Å²) in [4.78, 5) is 0. The van der Waals surface area contributed by atoms with Gasteiger partial charge in [-0.05, 0) is 30.4 Å². The molecule has 0 heterocycles. The first-order valence-corrected chi connectivity index (χ1v) is 5.80. The van der Waals surface area contributed by atoms with Crippen LogP contribution in [0.1, 0.15) is 36.9 Å². The normalized spacial score (nSPS) is 21.3. The van der Waals surface area contributed by atoms with Crippen molar-refractivity contribution in [1.29, 1.82) is 0 Å². The fraction of sp³-hybridized carbons (Fsp3) is 0.538. The first-order valence-electron chi connectivity index (χ1n) is 5.80. The van der Waals surface area contributed by atoms with Gasteiger partial charge in [0.25, 0.3) is 0 Å². The lowest BCUT2D eigenvalue weighted by Crippen LogP contribution is -2.34. The minimum absolute atomic E-state index is 0.231. The van der Waals surface area contributed by atoms with E-state index in [1.165, 1.54) is 11.1 Å². The Hall–Kier alpha value is -0.860. The highest BCUT2D eigenvalue weighted by atomic mass is 16.3. The second-order valence-electron chi connectivity index (χ2n) is 4.24. The molecule has 82 valence electrons. The van der Waals surface area contributed by atoms with E-state index in [0.717, 1.165) is 19.3 Å². The van der Waals surface area contributed by atoms with Gasteiger partial charge in [0.1, 0.15) is 0 Å². The third kappa shape index (κ3) is 2.21. The molecule has 1 aliphatic rings. The summed E-state index contributed by atoms with van der Waals surface area (Å²) in [6.45, 7) is 2.34. The average Bonchev–Trinajstić information content (AvgIpc) is 2.69. The molecule has 0 unspecified atom stereocenters. The zero-order chi connectivity index (χ0) is 10.7. The van der Waals surface area contributed by atoms with E-state index in [1.807, 2.05) is 0 Å². The zero-order valence-corrected chi connectivity index (χ0v) is 9.24. The van der Waals surface area contributed by atoms with E-state index in [2.05, 4.69) is 36.5 Å². The van der Waals surface area contributed by atoms with Crippen LogP contribution in [0.4, 0.5) is 0 Å². The minimum atomic E-state index is 0.231. The molecule has 2 rings (SSSR count). The van der Waals surface area contributed by atoms with Crippen molar-refractivity contribution in [3.8, 4) is 0 Å². The van der Waals surface area contributed by atoms with Crippen molar-refractivity contribution in [1.82, 2.24) is 5.32 Å². The quantitative estimate of drug-likeness (QED) is 0.788. The Morgan fingerprint density at radius 3 is 3.00 bits per heavy atom. The summed E-state index contributed by atoms with van der Waals surface area (Å²) in [5.74, 6) is 0. The Morgan fingerprint density at radius 1 is 1.47 bits per heavy atom.